The third kappa shape index (κ3) is 4.33. The quantitative estimate of drug-likeness (QED) is 0.604. The highest BCUT2D eigenvalue weighted by atomic mass is 19.4. The number of ether oxygens (including phenoxy) is 1. The minimum Gasteiger partial charge on any atom is -0.406 e. The Balaban J connectivity index is 2.87. The van der Waals surface area contributed by atoms with Crippen LogP contribution in [0.25, 0.3) is 0 Å². The standard InChI is InChI=1S/C11H10F3N3O/c1-17(2)10(7-15)16-8-3-5-9(6-4-8)18-11(12,13)14/h3-6H,1-2H3. The molecule has 0 heterocycles. The second kappa shape index (κ2) is 5.40. The Labute approximate surface area is 102 Å². The maximum absolute atomic E-state index is 11.9. The molecule has 4 nitrogen and oxygen atoms in total. The van der Waals surface area contributed by atoms with Gasteiger partial charge in [0, 0.05) is 14.1 Å². The average Bonchev–Trinajstić information content (AvgIpc) is 2.25. The summed E-state index contributed by atoms with van der Waals surface area (Å²) in [5.41, 5.74) is 0.370. The van der Waals surface area contributed by atoms with E-state index in [1.165, 1.54) is 17.0 Å². The molecule has 1 aromatic carbocycles. The van der Waals surface area contributed by atoms with Gasteiger partial charge in [-0.3, -0.25) is 0 Å². The van der Waals surface area contributed by atoms with Crippen molar-refractivity contribution < 1.29 is 17.9 Å². The number of benzene rings is 1. The van der Waals surface area contributed by atoms with Crippen molar-refractivity contribution in [3.8, 4) is 11.8 Å². The van der Waals surface area contributed by atoms with E-state index >= 15 is 0 Å². The van der Waals surface area contributed by atoms with Gasteiger partial charge >= 0.3 is 6.36 Å². The highest BCUT2D eigenvalue weighted by molar-refractivity contribution is 5.97. The van der Waals surface area contributed by atoms with Gasteiger partial charge in [-0.05, 0) is 24.3 Å². The summed E-state index contributed by atoms with van der Waals surface area (Å²) in [4.78, 5) is 5.46. The highest BCUT2D eigenvalue weighted by Crippen LogP contribution is 2.24. The molecule has 0 aliphatic carbocycles. The monoisotopic (exact) mass is 257 g/mol. The molecule has 1 rings (SSSR count). The van der Waals surface area contributed by atoms with Crippen molar-refractivity contribution in [2.45, 2.75) is 6.36 Å². The zero-order chi connectivity index (χ0) is 13.8. The van der Waals surface area contributed by atoms with E-state index in [1.807, 2.05) is 6.07 Å². The Morgan fingerprint density at radius 2 is 1.83 bits per heavy atom. The summed E-state index contributed by atoms with van der Waals surface area (Å²) in [6.45, 7) is 0. The van der Waals surface area contributed by atoms with Crippen molar-refractivity contribution in [2.75, 3.05) is 14.1 Å². The Morgan fingerprint density at radius 3 is 2.22 bits per heavy atom. The Morgan fingerprint density at radius 1 is 1.28 bits per heavy atom. The molecule has 0 saturated heterocycles. The number of rotatable bonds is 2. The van der Waals surface area contributed by atoms with Crippen LogP contribution in [0.15, 0.2) is 29.3 Å². The van der Waals surface area contributed by atoms with E-state index < -0.39 is 6.36 Å². The van der Waals surface area contributed by atoms with Gasteiger partial charge in [-0.1, -0.05) is 0 Å². The lowest BCUT2D eigenvalue weighted by Crippen LogP contribution is -2.19. The molecular formula is C11H10F3N3O. The number of hydrogen-bond acceptors (Lipinski definition) is 3. The molecule has 0 aliphatic rings. The van der Waals surface area contributed by atoms with Crippen molar-refractivity contribution >= 4 is 11.5 Å². The van der Waals surface area contributed by atoms with Crippen LogP contribution in [-0.4, -0.2) is 31.2 Å². The summed E-state index contributed by atoms with van der Waals surface area (Å²) >= 11 is 0. The van der Waals surface area contributed by atoms with Crippen LogP contribution in [0, 0.1) is 11.3 Å². The summed E-state index contributed by atoms with van der Waals surface area (Å²) in [5.74, 6) is -0.177. The van der Waals surface area contributed by atoms with Crippen LogP contribution < -0.4 is 4.74 Å². The largest absolute Gasteiger partial charge is 0.573 e. The summed E-state index contributed by atoms with van der Waals surface area (Å²) in [5, 5.41) is 8.77. The van der Waals surface area contributed by atoms with Crippen LogP contribution in [0.3, 0.4) is 0 Å². The van der Waals surface area contributed by atoms with Gasteiger partial charge in [0.05, 0.1) is 5.69 Å². The van der Waals surface area contributed by atoms with E-state index in [2.05, 4.69) is 9.73 Å². The summed E-state index contributed by atoms with van der Waals surface area (Å²) < 4.78 is 39.5. The van der Waals surface area contributed by atoms with E-state index in [9.17, 15) is 13.2 Å². The van der Waals surface area contributed by atoms with Crippen molar-refractivity contribution in [3.63, 3.8) is 0 Å². The zero-order valence-corrected chi connectivity index (χ0v) is 9.69. The second-order valence-corrected chi connectivity index (χ2v) is 3.48. The number of hydrogen-bond donors (Lipinski definition) is 0. The van der Waals surface area contributed by atoms with Gasteiger partial charge in [0.25, 0.3) is 0 Å². The molecule has 0 amide bonds. The summed E-state index contributed by atoms with van der Waals surface area (Å²) in [6, 6.07) is 6.81. The predicted octanol–water partition coefficient (Wildman–Crippen LogP) is 2.70. The fourth-order valence-electron chi connectivity index (χ4n) is 1.07. The minimum absolute atomic E-state index is 0.152. The molecule has 0 fully saturated rings. The maximum atomic E-state index is 11.9. The molecule has 0 bridgehead atoms. The van der Waals surface area contributed by atoms with Gasteiger partial charge in [-0.25, -0.2) is 4.99 Å². The second-order valence-electron chi connectivity index (χ2n) is 3.48. The fraction of sp³-hybridized carbons (Fsp3) is 0.273. The molecule has 0 atom stereocenters. The van der Waals surface area contributed by atoms with E-state index in [0.29, 0.717) is 5.69 Å². The number of nitriles is 1. The van der Waals surface area contributed by atoms with Gasteiger partial charge in [0.15, 0.2) is 0 Å². The van der Waals surface area contributed by atoms with E-state index in [1.54, 1.807) is 14.1 Å². The Hall–Kier alpha value is -2.23. The van der Waals surface area contributed by atoms with Gasteiger partial charge in [0.2, 0.25) is 5.84 Å². The Kier molecular flexibility index (Phi) is 4.15. The first-order chi connectivity index (χ1) is 8.31. The summed E-state index contributed by atoms with van der Waals surface area (Å²) in [6.07, 6.45) is -4.72. The molecule has 0 saturated carbocycles. The Bertz CT molecular complexity index is 472. The molecule has 96 valence electrons. The first kappa shape index (κ1) is 13.8. The van der Waals surface area contributed by atoms with Crippen molar-refractivity contribution in [1.82, 2.24) is 4.90 Å². The van der Waals surface area contributed by atoms with E-state index in [4.69, 9.17) is 5.26 Å². The van der Waals surface area contributed by atoms with Gasteiger partial charge in [-0.15, -0.1) is 13.2 Å². The lowest BCUT2D eigenvalue weighted by Gasteiger charge is -2.10. The molecule has 1 aromatic rings. The van der Waals surface area contributed by atoms with Gasteiger partial charge in [-0.2, -0.15) is 5.26 Å². The summed E-state index contributed by atoms with van der Waals surface area (Å²) in [7, 11) is 3.28. The van der Waals surface area contributed by atoms with Crippen molar-refractivity contribution in [2.24, 2.45) is 4.99 Å². The topological polar surface area (TPSA) is 48.6 Å². The first-order valence-electron chi connectivity index (χ1n) is 4.84. The predicted molar refractivity (Wildman–Crippen MR) is 59.5 cm³/mol. The number of halogens is 3. The molecule has 0 N–H and O–H groups in total. The molecule has 7 heteroatoms. The smallest absolute Gasteiger partial charge is 0.406 e. The number of aliphatic imine (C=N–C) groups is 1. The molecule has 0 radical (unpaired) electrons. The van der Waals surface area contributed by atoms with Crippen LogP contribution in [0.2, 0.25) is 0 Å². The average molecular weight is 257 g/mol. The van der Waals surface area contributed by atoms with Crippen LogP contribution in [0.5, 0.6) is 5.75 Å². The lowest BCUT2D eigenvalue weighted by molar-refractivity contribution is -0.274. The van der Waals surface area contributed by atoms with Crippen LogP contribution in [0.1, 0.15) is 0 Å². The highest BCUT2D eigenvalue weighted by Gasteiger charge is 2.30. The number of amidine groups is 1. The van der Waals surface area contributed by atoms with E-state index in [-0.39, 0.29) is 11.6 Å². The third-order valence-corrected chi connectivity index (χ3v) is 1.83. The normalized spacial score (nSPS) is 11.9. The molecule has 0 spiro atoms. The molecule has 0 unspecified atom stereocenters. The van der Waals surface area contributed by atoms with Gasteiger partial charge < -0.3 is 9.64 Å². The first-order valence-corrected chi connectivity index (χ1v) is 4.84. The van der Waals surface area contributed by atoms with Crippen LogP contribution in [0.4, 0.5) is 18.9 Å². The third-order valence-electron chi connectivity index (χ3n) is 1.83. The molecule has 0 aliphatic heterocycles. The SMILES string of the molecule is CN(C)C(C#N)=Nc1ccc(OC(F)(F)F)cc1. The minimum atomic E-state index is -4.72. The van der Waals surface area contributed by atoms with E-state index in [0.717, 1.165) is 12.1 Å². The van der Waals surface area contributed by atoms with Crippen LogP contribution >= 0.6 is 0 Å². The van der Waals surface area contributed by atoms with Crippen LogP contribution in [-0.2, 0) is 0 Å². The fourth-order valence-corrected chi connectivity index (χ4v) is 1.07. The lowest BCUT2D eigenvalue weighted by atomic mass is 10.3. The van der Waals surface area contributed by atoms with Gasteiger partial charge in [0.1, 0.15) is 11.8 Å². The molecular weight excluding hydrogens is 247 g/mol. The van der Waals surface area contributed by atoms with Crippen molar-refractivity contribution in [3.05, 3.63) is 24.3 Å². The molecule has 0 aromatic heterocycles. The number of nitrogens with zero attached hydrogens (tertiary/aromatic N) is 3. The molecule has 18 heavy (non-hydrogen) atoms. The van der Waals surface area contributed by atoms with Crippen molar-refractivity contribution in [1.29, 1.82) is 5.26 Å². The maximum Gasteiger partial charge on any atom is 0.573 e. The number of alkyl halides is 3. The zero-order valence-electron chi connectivity index (χ0n) is 9.69.